The zero-order chi connectivity index (χ0) is 23.8. The van der Waals surface area contributed by atoms with Gasteiger partial charge in [-0.3, -0.25) is 4.79 Å². The number of nitrogens with zero attached hydrogens (tertiary/aromatic N) is 2. The van der Waals surface area contributed by atoms with Crippen molar-refractivity contribution in [2.45, 2.75) is 43.7 Å². The molecule has 0 radical (unpaired) electrons. The first kappa shape index (κ1) is 23.7. The number of nitrogens with one attached hydrogen (secondary N) is 2. The van der Waals surface area contributed by atoms with Gasteiger partial charge in [-0.1, -0.05) is 0 Å². The maximum absolute atomic E-state index is 13.2. The van der Waals surface area contributed by atoms with Crippen molar-refractivity contribution in [2.75, 3.05) is 45.7 Å². The van der Waals surface area contributed by atoms with Gasteiger partial charge in [-0.25, -0.2) is 8.42 Å². The fraction of sp³-hybridized carbons (Fsp3) is 0.522. The number of rotatable bonds is 6. The Morgan fingerprint density at radius 3 is 2.55 bits per heavy atom. The van der Waals surface area contributed by atoms with Crippen molar-refractivity contribution in [3.8, 4) is 5.75 Å². The molecule has 1 unspecified atom stereocenters. The van der Waals surface area contributed by atoms with E-state index >= 15 is 0 Å². The number of fused-ring (bicyclic) bond motifs is 1. The molecule has 3 N–H and O–H groups in total. The number of aliphatic hydroxyl groups excluding tert-OH is 1. The molecule has 2 aromatic rings. The number of ketones is 1. The second-order valence-electron chi connectivity index (χ2n) is 8.76. The number of likely N-dealkylation sites (N-methyl/N-ethyl adjacent to an activating group) is 1. The van der Waals surface area contributed by atoms with E-state index < -0.39 is 16.3 Å². The molecule has 2 aliphatic rings. The van der Waals surface area contributed by atoms with Crippen LogP contribution in [0.25, 0.3) is 0 Å². The summed E-state index contributed by atoms with van der Waals surface area (Å²) in [6.07, 6.45) is 1.76. The zero-order valence-corrected chi connectivity index (χ0v) is 20.2. The van der Waals surface area contributed by atoms with Gasteiger partial charge >= 0.3 is 0 Å². The van der Waals surface area contributed by atoms with Crippen molar-refractivity contribution in [3.05, 3.63) is 40.7 Å². The standard InChI is InChI=1S/C23H32N4O5S/c1-15-21-17(6-4-5-7-19(21)28)22(24-15)23(29)25-18-14-16(8-9-20(18)32-3)33(30,31)27-12-10-26(2)11-13-27/h8-9,14,23-25,29H,4-7,10-13H2,1-3H3. The number of benzene rings is 1. The second-order valence-corrected chi connectivity index (χ2v) is 10.7. The van der Waals surface area contributed by atoms with Gasteiger partial charge in [-0.2, -0.15) is 4.31 Å². The molecule has 33 heavy (non-hydrogen) atoms. The lowest BCUT2D eigenvalue weighted by Crippen LogP contribution is -2.47. The summed E-state index contributed by atoms with van der Waals surface area (Å²) < 4.78 is 33.3. The van der Waals surface area contributed by atoms with Crippen molar-refractivity contribution in [1.29, 1.82) is 0 Å². The molecule has 2 heterocycles. The van der Waals surface area contributed by atoms with Crippen LogP contribution >= 0.6 is 0 Å². The summed E-state index contributed by atoms with van der Waals surface area (Å²) in [5, 5.41) is 14.0. The summed E-state index contributed by atoms with van der Waals surface area (Å²) in [5.41, 5.74) is 3.14. The van der Waals surface area contributed by atoms with E-state index in [1.54, 1.807) is 6.07 Å². The van der Waals surface area contributed by atoms with Gasteiger partial charge in [-0.05, 0) is 57.0 Å². The molecule has 4 rings (SSSR count). The number of H-pyrrole nitrogens is 1. The Hall–Kier alpha value is -2.40. The maximum atomic E-state index is 13.2. The summed E-state index contributed by atoms with van der Waals surface area (Å²) in [4.78, 5) is 17.9. The number of aliphatic hydroxyl groups is 1. The van der Waals surface area contributed by atoms with Crippen molar-refractivity contribution in [2.24, 2.45) is 0 Å². The van der Waals surface area contributed by atoms with E-state index in [1.165, 1.54) is 23.5 Å². The van der Waals surface area contributed by atoms with Crippen LogP contribution in [-0.4, -0.2) is 73.8 Å². The normalized spacial score (nSPS) is 19.1. The predicted molar refractivity (Wildman–Crippen MR) is 125 cm³/mol. The molecule has 0 bridgehead atoms. The largest absolute Gasteiger partial charge is 0.495 e. The number of ether oxygens (including phenoxy) is 1. The third kappa shape index (κ3) is 4.65. The summed E-state index contributed by atoms with van der Waals surface area (Å²) in [6, 6.07) is 4.60. The number of sulfonamides is 1. The van der Waals surface area contributed by atoms with Gasteiger partial charge in [0.25, 0.3) is 0 Å². The van der Waals surface area contributed by atoms with E-state index in [0.29, 0.717) is 61.7 Å². The van der Waals surface area contributed by atoms with Gasteiger partial charge in [0.2, 0.25) is 10.0 Å². The molecular formula is C23H32N4O5S. The van der Waals surface area contributed by atoms with Crippen molar-refractivity contribution in [3.63, 3.8) is 0 Å². The molecule has 1 saturated heterocycles. The SMILES string of the molecule is COc1ccc(S(=O)(=O)N2CCN(C)CC2)cc1NC(O)c1[nH]c(C)c2c1CCCCC2=O. The Balaban J connectivity index is 1.63. The first-order valence-corrected chi connectivity index (χ1v) is 12.7. The van der Waals surface area contributed by atoms with Crippen LogP contribution in [0.4, 0.5) is 5.69 Å². The molecule has 1 aliphatic heterocycles. The van der Waals surface area contributed by atoms with E-state index in [0.717, 1.165) is 24.1 Å². The number of aromatic amines is 1. The molecule has 9 nitrogen and oxygen atoms in total. The second kappa shape index (κ2) is 9.46. The lowest BCUT2D eigenvalue weighted by atomic mass is 10.0. The molecule has 1 aliphatic carbocycles. The Morgan fingerprint density at radius 1 is 1.15 bits per heavy atom. The number of methoxy groups -OCH3 is 1. The van der Waals surface area contributed by atoms with Gasteiger partial charge in [-0.15, -0.1) is 0 Å². The third-order valence-corrected chi connectivity index (χ3v) is 8.41. The lowest BCUT2D eigenvalue weighted by molar-refractivity contribution is 0.0981. The Kier molecular flexibility index (Phi) is 6.81. The first-order valence-electron chi connectivity index (χ1n) is 11.3. The highest BCUT2D eigenvalue weighted by Crippen LogP contribution is 2.34. The highest BCUT2D eigenvalue weighted by molar-refractivity contribution is 7.89. The number of carbonyl (C=O) groups excluding carboxylic acids is 1. The number of carbonyl (C=O) groups is 1. The minimum Gasteiger partial charge on any atom is -0.495 e. The monoisotopic (exact) mass is 476 g/mol. The zero-order valence-electron chi connectivity index (χ0n) is 19.3. The predicted octanol–water partition coefficient (Wildman–Crippen LogP) is 2.28. The molecule has 0 saturated carbocycles. The average Bonchev–Trinajstić information content (AvgIpc) is 3.00. The summed E-state index contributed by atoms with van der Waals surface area (Å²) in [7, 11) is -0.218. The minimum atomic E-state index is -3.68. The minimum absolute atomic E-state index is 0.0903. The van der Waals surface area contributed by atoms with E-state index in [1.807, 2.05) is 14.0 Å². The van der Waals surface area contributed by atoms with E-state index in [4.69, 9.17) is 4.74 Å². The molecule has 10 heteroatoms. The number of piperazine rings is 1. The molecule has 0 amide bonds. The summed E-state index contributed by atoms with van der Waals surface area (Å²) in [5.74, 6) is 0.504. The van der Waals surface area contributed by atoms with Gasteiger partial charge < -0.3 is 25.0 Å². The highest BCUT2D eigenvalue weighted by atomic mass is 32.2. The number of aryl methyl sites for hydroxylation is 1. The first-order chi connectivity index (χ1) is 15.7. The van der Waals surface area contributed by atoms with Crippen LogP contribution in [0.5, 0.6) is 5.75 Å². The summed E-state index contributed by atoms with van der Waals surface area (Å²) in [6.45, 7) is 4.04. The van der Waals surface area contributed by atoms with Crippen LogP contribution in [0, 0.1) is 6.92 Å². The number of Topliss-reactive ketones (excluding diaryl/α,β-unsaturated/α-hetero) is 1. The van der Waals surface area contributed by atoms with Crippen LogP contribution < -0.4 is 10.1 Å². The topological polar surface area (TPSA) is 115 Å². The van der Waals surface area contributed by atoms with Crippen LogP contribution in [0.2, 0.25) is 0 Å². The fourth-order valence-corrected chi connectivity index (χ4v) is 6.09. The van der Waals surface area contributed by atoms with Crippen LogP contribution in [0.15, 0.2) is 23.1 Å². The third-order valence-electron chi connectivity index (χ3n) is 6.52. The highest BCUT2D eigenvalue weighted by Gasteiger charge is 2.30. The molecule has 1 fully saturated rings. The molecule has 0 spiro atoms. The van der Waals surface area contributed by atoms with Crippen LogP contribution in [-0.2, 0) is 16.4 Å². The molecule has 1 aromatic carbocycles. The number of hydrogen-bond donors (Lipinski definition) is 3. The summed E-state index contributed by atoms with van der Waals surface area (Å²) >= 11 is 0. The van der Waals surface area contributed by atoms with Crippen molar-refractivity contribution >= 4 is 21.5 Å². The van der Waals surface area contributed by atoms with Gasteiger partial charge in [0.15, 0.2) is 12.0 Å². The fourth-order valence-electron chi connectivity index (χ4n) is 4.64. The number of aromatic nitrogens is 1. The quantitative estimate of drug-likeness (QED) is 0.433. The van der Waals surface area contributed by atoms with Gasteiger partial charge in [0, 0.05) is 43.9 Å². The van der Waals surface area contributed by atoms with Gasteiger partial charge in [0.05, 0.1) is 23.4 Å². The average molecular weight is 477 g/mol. The van der Waals surface area contributed by atoms with E-state index in [2.05, 4.69) is 15.2 Å². The maximum Gasteiger partial charge on any atom is 0.243 e. The Bertz CT molecular complexity index is 1140. The lowest BCUT2D eigenvalue weighted by Gasteiger charge is -2.31. The van der Waals surface area contributed by atoms with Crippen molar-refractivity contribution in [1.82, 2.24) is 14.2 Å². The Labute approximate surface area is 194 Å². The van der Waals surface area contributed by atoms with E-state index in [9.17, 15) is 18.3 Å². The molecule has 1 aromatic heterocycles. The van der Waals surface area contributed by atoms with Crippen LogP contribution in [0.3, 0.4) is 0 Å². The number of hydrogen-bond acceptors (Lipinski definition) is 7. The van der Waals surface area contributed by atoms with E-state index in [-0.39, 0.29) is 10.7 Å². The number of anilines is 1. The Morgan fingerprint density at radius 2 is 1.85 bits per heavy atom. The van der Waals surface area contributed by atoms with Crippen molar-refractivity contribution < 1.29 is 23.1 Å². The smallest absolute Gasteiger partial charge is 0.243 e. The molecule has 180 valence electrons. The van der Waals surface area contributed by atoms with Gasteiger partial charge in [0.1, 0.15) is 5.75 Å². The molecule has 1 atom stereocenters. The molecular weight excluding hydrogens is 444 g/mol. The van der Waals surface area contributed by atoms with Crippen LogP contribution in [0.1, 0.15) is 52.8 Å².